The normalized spacial score (nSPS) is 12.7. The third-order valence-corrected chi connectivity index (χ3v) is 3.12. The maximum Gasteiger partial charge on any atom is 0.126 e. The lowest BCUT2D eigenvalue weighted by Gasteiger charge is -2.19. The topological polar surface area (TPSA) is 35.2 Å². The average Bonchev–Trinajstić information content (AvgIpc) is 2.21. The van der Waals surface area contributed by atoms with E-state index in [0.29, 0.717) is 0 Å². The summed E-state index contributed by atoms with van der Waals surface area (Å²) in [6, 6.07) is 1.90. The predicted molar refractivity (Wildman–Crippen MR) is 64.7 cm³/mol. The van der Waals surface area contributed by atoms with Crippen LogP contribution in [0.25, 0.3) is 0 Å². The molecule has 3 heteroatoms. The predicted octanol–water partition coefficient (Wildman–Crippen LogP) is 3.38. The summed E-state index contributed by atoms with van der Waals surface area (Å²) in [5, 5.41) is 0.757. The zero-order chi connectivity index (χ0) is 11.6. The number of benzene rings is 1. The average molecular weight is 228 g/mol. The number of methoxy groups -OCH3 is 1. The lowest BCUT2D eigenvalue weighted by atomic mass is 9.96. The van der Waals surface area contributed by atoms with Gasteiger partial charge in [-0.1, -0.05) is 18.5 Å². The van der Waals surface area contributed by atoms with Crippen LogP contribution in [-0.2, 0) is 0 Å². The Morgan fingerprint density at radius 1 is 1.47 bits per heavy atom. The molecule has 0 bridgehead atoms. The van der Waals surface area contributed by atoms with Crippen LogP contribution in [0.1, 0.15) is 36.1 Å². The first-order chi connectivity index (χ1) is 7.02. The zero-order valence-corrected chi connectivity index (χ0v) is 10.5. The number of hydrogen-bond donors (Lipinski definition) is 1. The minimum Gasteiger partial charge on any atom is -0.496 e. The molecule has 1 atom stereocenters. The summed E-state index contributed by atoms with van der Waals surface area (Å²) in [6.07, 6.45) is 0.872. The van der Waals surface area contributed by atoms with Gasteiger partial charge in [0.25, 0.3) is 0 Å². The molecule has 84 valence electrons. The fourth-order valence-electron chi connectivity index (χ4n) is 1.80. The van der Waals surface area contributed by atoms with Crippen LogP contribution in [0.5, 0.6) is 5.75 Å². The van der Waals surface area contributed by atoms with Crippen LogP contribution in [0.2, 0.25) is 5.02 Å². The number of nitrogens with two attached hydrogens (primary N) is 1. The van der Waals surface area contributed by atoms with Gasteiger partial charge in [-0.15, -0.1) is 0 Å². The molecule has 2 nitrogen and oxygen atoms in total. The molecule has 0 fully saturated rings. The second-order valence-electron chi connectivity index (χ2n) is 3.76. The van der Waals surface area contributed by atoms with Gasteiger partial charge in [0.1, 0.15) is 5.75 Å². The molecule has 1 aromatic carbocycles. The molecule has 0 aliphatic heterocycles. The Morgan fingerprint density at radius 2 is 2.07 bits per heavy atom. The van der Waals surface area contributed by atoms with Gasteiger partial charge >= 0.3 is 0 Å². The van der Waals surface area contributed by atoms with Crippen molar-refractivity contribution in [2.24, 2.45) is 5.73 Å². The maximum absolute atomic E-state index is 6.14. The highest BCUT2D eigenvalue weighted by Gasteiger charge is 2.17. The molecule has 0 aliphatic carbocycles. The smallest absolute Gasteiger partial charge is 0.126 e. The Morgan fingerprint density at radius 3 is 2.53 bits per heavy atom. The first-order valence-corrected chi connectivity index (χ1v) is 5.49. The van der Waals surface area contributed by atoms with E-state index >= 15 is 0 Å². The standard InChI is InChI=1S/C12H18ClNO/c1-5-10(14)11-8(3)9(13)6-7(2)12(11)15-4/h6,10H,5,14H2,1-4H3. The van der Waals surface area contributed by atoms with Crippen LogP contribution < -0.4 is 10.5 Å². The van der Waals surface area contributed by atoms with Crippen molar-refractivity contribution in [2.75, 3.05) is 7.11 Å². The van der Waals surface area contributed by atoms with Crippen LogP contribution in [-0.4, -0.2) is 7.11 Å². The second kappa shape index (κ2) is 4.86. The van der Waals surface area contributed by atoms with E-state index in [1.165, 1.54) is 0 Å². The molecule has 0 aliphatic rings. The molecular weight excluding hydrogens is 210 g/mol. The van der Waals surface area contributed by atoms with Crippen LogP contribution in [0.4, 0.5) is 0 Å². The molecule has 2 N–H and O–H groups in total. The molecule has 1 aromatic rings. The van der Waals surface area contributed by atoms with E-state index in [4.69, 9.17) is 22.1 Å². The minimum atomic E-state index is -0.0163. The fraction of sp³-hybridized carbons (Fsp3) is 0.500. The van der Waals surface area contributed by atoms with Crippen molar-refractivity contribution in [3.05, 3.63) is 27.8 Å². The number of ether oxygens (including phenoxy) is 1. The highest BCUT2D eigenvalue weighted by Crippen LogP contribution is 2.36. The largest absolute Gasteiger partial charge is 0.496 e. The molecule has 1 rings (SSSR count). The molecule has 0 radical (unpaired) electrons. The number of hydrogen-bond acceptors (Lipinski definition) is 2. The monoisotopic (exact) mass is 227 g/mol. The molecule has 0 saturated heterocycles. The van der Waals surface area contributed by atoms with Crippen molar-refractivity contribution in [3.63, 3.8) is 0 Å². The molecule has 0 heterocycles. The van der Waals surface area contributed by atoms with Gasteiger partial charge < -0.3 is 10.5 Å². The van der Waals surface area contributed by atoms with E-state index in [1.807, 2.05) is 19.9 Å². The van der Waals surface area contributed by atoms with Crippen molar-refractivity contribution < 1.29 is 4.74 Å². The van der Waals surface area contributed by atoms with Crippen molar-refractivity contribution >= 4 is 11.6 Å². The van der Waals surface area contributed by atoms with Gasteiger partial charge in [0.05, 0.1) is 7.11 Å². The summed E-state index contributed by atoms with van der Waals surface area (Å²) >= 11 is 6.14. The number of rotatable bonds is 3. The van der Waals surface area contributed by atoms with Crippen molar-refractivity contribution in [3.8, 4) is 5.75 Å². The minimum absolute atomic E-state index is 0.0163. The maximum atomic E-state index is 6.14. The lowest BCUT2D eigenvalue weighted by molar-refractivity contribution is 0.401. The first kappa shape index (κ1) is 12.3. The Kier molecular flexibility index (Phi) is 4.00. The number of aryl methyl sites for hydroxylation is 1. The quantitative estimate of drug-likeness (QED) is 0.859. The van der Waals surface area contributed by atoms with Gasteiger partial charge in [0.15, 0.2) is 0 Å². The van der Waals surface area contributed by atoms with E-state index < -0.39 is 0 Å². The SMILES string of the molecule is CCC(N)c1c(C)c(Cl)cc(C)c1OC. The van der Waals surface area contributed by atoms with E-state index in [-0.39, 0.29) is 6.04 Å². The molecular formula is C12H18ClNO. The van der Waals surface area contributed by atoms with E-state index in [1.54, 1.807) is 7.11 Å². The molecule has 0 saturated carbocycles. The van der Waals surface area contributed by atoms with E-state index in [2.05, 4.69) is 6.92 Å². The summed E-state index contributed by atoms with van der Waals surface area (Å²) in [5.41, 5.74) is 9.16. The second-order valence-corrected chi connectivity index (χ2v) is 4.17. The molecule has 1 unspecified atom stereocenters. The number of halogens is 1. The Balaban J connectivity index is 3.43. The van der Waals surface area contributed by atoms with Crippen molar-refractivity contribution in [1.29, 1.82) is 0 Å². The van der Waals surface area contributed by atoms with Gasteiger partial charge in [0.2, 0.25) is 0 Å². The Bertz CT molecular complexity index is 363. The van der Waals surface area contributed by atoms with Gasteiger partial charge in [-0.05, 0) is 37.5 Å². The molecule has 0 aromatic heterocycles. The molecule has 0 spiro atoms. The van der Waals surface area contributed by atoms with Crippen LogP contribution in [0, 0.1) is 13.8 Å². The molecule has 15 heavy (non-hydrogen) atoms. The van der Waals surface area contributed by atoms with Crippen LogP contribution >= 0.6 is 11.6 Å². The summed E-state index contributed by atoms with van der Waals surface area (Å²) in [4.78, 5) is 0. The van der Waals surface area contributed by atoms with Gasteiger partial charge in [-0.25, -0.2) is 0 Å². The Labute approximate surface area is 96.4 Å². The third-order valence-electron chi connectivity index (χ3n) is 2.72. The Hall–Kier alpha value is -0.730. The summed E-state index contributed by atoms with van der Waals surface area (Å²) < 4.78 is 5.40. The fourth-order valence-corrected chi connectivity index (χ4v) is 2.06. The van der Waals surface area contributed by atoms with Crippen LogP contribution in [0.3, 0.4) is 0 Å². The van der Waals surface area contributed by atoms with Gasteiger partial charge in [-0.2, -0.15) is 0 Å². The first-order valence-electron chi connectivity index (χ1n) is 5.12. The third kappa shape index (κ3) is 2.27. The van der Waals surface area contributed by atoms with Gasteiger partial charge in [-0.3, -0.25) is 0 Å². The van der Waals surface area contributed by atoms with Crippen LogP contribution in [0.15, 0.2) is 6.07 Å². The highest BCUT2D eigenvalue weighted by atomic mass is 35.5. The zero-order valence-electron chi connectivity index (χ0n) is 9.73. The van der Waals surface area contributed by atoms with E-state index in [0.717, 1.165) is 33.9 Å². The summed E-state index contributed by atoms with van der Waals surface area (Å²) in [6.45, 7) is 6.02. The van der Waals surface area contributed by atoms with E-state index in [9.17, 15) is 0 Å². The highest BCUT2D eigenvalue weighted by molar-refractivity contribution is 6.31. The summed E-state index contributed by atoms with van der Waals surface area (Å²) in [5.74, 6) is 0.867. The summed E-state index contributed by atoms with van der Waals surface area (Å²) in [7, 11) is 1.67. The molecule has 0 amide bonds. The van der Waals surface area contributed by atoms with Crippen molar-refractivity contribution in [2.45, 2.75) is 33.2 Å². The van der Waals surface area contributed by atoms with Gasteiger partial charge in [0, 0.05) is 16.6 Å². The lowest BCUT2D eigenvalue weighted by Crippen LogP contribution is -2.13. The van der Waals surface area contributed by atoms with Crippen molar-refractivity contribution in [1.82, 2.24) is 0 Å².